The Labute approximate surface area is 54.4 Å². The van der Waals surface area contributed by atoms with Crippen LogP contribution in [0.4, 0.5) is 0 Å². The van der Waals surface area contributed by atoms with Crippen molar-refractivity contribution >= 4 is 17.0 Å². The van der Waals surface area contributed by atoms with E-state index in [0.29, 0.717) is 0 Å². The minimum absolute atomic E-state index is 0. The summed E-state index contributed by atoms with van der Waals surface area (Å²) in [4.78, 5) is 0. The van der Waals surface area contributed by atoms with Crippen molar-refractivity contribution in [2.75, 3.05) is 14.1 Å². The zero-order chi connectivity index (χ0) is 4.99. The third-order valence-electron chi connectivity index (χ3n) is 0.622. The predicted molar refractivity (Wildman–Crippen MR) is 36.4 cm³/mol. The second-order valence-electron chi connectivity index (χ2n) is 1.06. The molecule has 0 spiro atoms. The predicted octanol–water partition coefficient (Wildman–Crippen LogP) is -0.755. The van der Waals surface area contributed by atoms with Crippen LogP contribution in [0.5, 0.6) is 0 Å². The molecule has 0 saturated carbocycles. The van der Waals surface area contributed by atoms with Gasteiger partial charge in [-0.05, 0) is 14.1 Å². The van der Waals surface area contributed by atoms with Crippen LogP contribution in [-0.4, -0.2) is 20.4 Å². The zero-order valence-electron chi connectivity index (χ0n) is 4.56. The van der Waals surface area contributed by atoms with Crippen molar-refractivity contribution < 1.29 is 0 Å². The Morgan fingerprint density at radius 3 is 1.57 bits per heavy atom. The molecule has 4 heteroatoms. The first kappa shape index (κ1) is 10.4. The monoisotopic (exact) mass is 169 g/mol. The van der Waals surface area contributed by atoms with Crippen LogP contribution < -0.4 is 16.4 Å². The molecule has 0 aromatic carbocycles. The van der Waals surface area contributed by atoms with Crippen molar-refractivity contribution in [2.45, 2.75) is 6.29 Å². The number of nitrogens with one attached hydrogen (secondary N) is 2. The van der Waals surface area contributed by atoms with Crippen molar-refractivity contribution in [3.05, 3.63) is 0 Å². The van der Waals surface area contributed by atoms with Gasteiger partial charge in [0.15, 0.2) is 0 Å². The van der Waals surface area contributed by atoms with E-state index < -0.39 is 0 Å². The molecule has 0 aliphatic heterocycles. The molecule has 0 aliphatic carbocycles. The summed E-state index contributed by atoms with van der Waals surface area (Å²) in [5.74, 6) is 0. The summed E-state index contributed by atoms with van der Waals surface area (Å²) in [5, 5.41) is 5.56. The van der Waals surface area contributed by atoms with Crippen molar-refractivity contribution in [2.24, 2.45) is 5.73 Å². The lowest BCUT2D eigenvalue weighted by molar-refractivity contribution is 0.513. The van der Waals surface area contributed by atoms with E-state index in [1.807, 2.05) is 0 Å². The molecule has 0 bridgehead atoms. The fourth-order valence-electron chi connectivity index (χ4n) is 0.144. The summed E-state index contributed by atoms with van der Waals surface area (Å²) < 4.78 is 0. The van der Waals surface area contributed by atoms with Gasteiger partial charge in [-0.15, -0.1) is 17.0 Å². The van der Waals surface area contributed by atoms with Gasteiger partial charge >= 0.3 is 0 Å². The molecule has 7 heavy (non-hydrogen) atoms. The smallest absolute Gasteiger partial charge is 0.108 e. The molecule has 0 amide bonds. The van der Waals surface area contributed by atoms with E-state index in [2.05, 4.69) is 10.6 Å². The molecule has 3 nitrogen and oxygen atoms in total. The lowest BCUT2D eigenvalue weighted by Gasteiger charge is -2.05. The van der Waals surface area contributed by atoms with Gasteiger partial charge in [0.1, 0.15) is 6.29 Å². The van der Waals surface area contributed by atoms with E-state index in [0.717, 1.165) is 0 Å². The molecular weight excluding hydrogens is 158 g/mol. The zero-order valence-corrected chi connectivity index (χ0v) is 6.28. The summed E-state index contributed by atoms with van der Waals surface area (Å²) in [6.45, 7) is 0. The van der Waals surface area contributed by atoms with Gasteiger partial charge in [0.05, 0.1) is 0 Å². The highest BCUT2D eigenvalue weighted by molar-refractivity contribution is 8.93. The van der Waals surface area contributed by atoms with Crippen LogP contribution >= 0.6 is 17.0 Å². The van der Waals surface area contributed by atoms with Crippen molar-refractivity contribution in [3.63, 3.8) is 0 Å². The quantitative estimate of drug-likeness (QED) is 0.477. The van der Waals surface area contributed by atoms with Crippen LogP contribution in [-0.2, 0) is 0 Å². The summed E-state index contributed by atoms with van der Waals surface area (Å²) in [6, 6.07) is 0. The second-order valence-corrected chi connectivity index (χ2v) is 1.06. The number of nitrogens with two attached hydrogens (primary N) is 1. The van der Waals surface area contributed by atoms with Crippen LogP contribution in [0.2, 0.25) is 0 Å². The molecule has 0 saturated heterocycles. The van der Waals surface area contributed by atoms with Gasteiger partial charge < -0.3 is 5.73 Å². The molecule has 0 fully saturated rings. The minimum atomic E-state index is -0.0648. The maximum absolute atomic E-state index is 5.25. The maximum atomic E-state index is 5.25. The number of halogens is 1. The standard InChI is InChI=1S/C3H11N3.BrH/c1-5-3(4)6-2;/h3,5-6H,4H2,1-2H3;1H. The van der Waals surface area contributed by atoms with Gasteiger partial charge in [-0.1, -0.05) is 0 Å². The molecule has 0 aromatic rings. The van der Waals surface area contributed by atoms with Crippen LogP contribution in [0.25, 0.3) is 0 Å². The topological polar surface area (TPSA) is 50.1 Å². The summed E-state index contributed by atoms with van der Waals surface area (Å²) in [5.41, 5.74) is 5.25. The Morgan fingerprint density at radius 1 is 1.29 bits per heavy atom. The van der Waals surface area contributed by atoms with Gasteiger partial charge in [0.25, 0.3) is 0 Å². The molecule has 4 N–H and O–H groups in total. The van der Waals surface area contributed by atoms with E-state index in [1.165, 1.54) is 0 Å². The van der Waals surface area contributed by atoms with E-state index in [4.69, 9.17) is 5.73 Å². The highest BCUT2D eigenvalue weighted by atomic mass is 79.9. The minimum Gasteiger partial charge on any atom is -0.304 e. The molecule has 0 aromatic heterocycles. The number of rotatable bonds is 2. The van der Waals surface area contributed by atoms with Gasteiger partial charge in [0.2, 0.25) is 0 Å². The van der Waals surface area contributed by atoms with Crippen LogP contribution in [0.1, 0.15) is 0 Å². The van der Waals surface area contributed by atoms with E-state index in [-0.39, 0.29) is 23.3 Å². The fourth-order valence-corrected chi connectivity index (χ4v) is 0.144. The van der Waals surface area contributed by atoms with Crippen molar-refractivity contribution in [1.29, 1.82) is 0 Å². The Balaban J connectivity index is 0. The highest BCUT2D eigenvalue weighted by Gasteiger charge is 1.84. The third-order valence-corrected chi connectivity index (χ3v) is 0.622. The highest BCUT2D eigenvalue weighted by Crippen LogP contribution is 1.47. The summed E-state index contributed by atoms with van der Waals surface area (Å²) in [6.07, 6.45) is -0.0648. The van der Waals surface area contributed by atoms with Crippen molar-refractivity contribution in [1.82, 2.24) is 10.6 Å². The van der Waals surface area contributed by atoms with Crippen molar-refractivity contribution in [3.8, 4) is 0 Å². The molecule has 0 heterocycles. The molecule has 0 radical (unpaired) electrons. The van der Waals surface area contributed by atoms with Gasteiger partial charge in [-0.3, -0.25) is 10.6 Å². The van der Waals surface area contributed by atoms with Crippen LogP contribution in [0.3, 0.4) is 0 Å². The maximum Gasteiger partial charge on any atom is 0.108 e. The molecular formula is C3H12BrN3. The lowest BCUT2D eigenvalue weighted by atomic mass is 10.8. The fraction of sp³-hybridized carbons (Fsp3) is 1.00. The molecule has 0 atom stereocenters. The molecule has 0 aliphatic rings. The number of hydrogen-bond acceptors (Lipinski definition) is 3. The second kappa shape index (κ2) is 6.36. The Morgan fingerprint density at radius 2 is 1.57 bits per heavy atom. The number of hydrogen-bond donors (Lipinski definition) is 3. The van der Waals surface area contributed by atoms with E-state index in [9.17, 15) is 0 Å². The largest absolute Gasteiger partial charge is 0.304 e. The van der Waals surface area contributed by atoms with Gasteiger partial charge in [0, 0.05) is 0 Å². The molecule has 46 valence electrons. The van der Waals surface area contributed by atoms with Crippen LogP contribution in [0.15, 0.2) is 0 Å². The summed E-state index contributed by atoms with van der Waals surface area (Å²) in [7, 11) is 3.59. The lowest BCUT2D eigenvalue weighted by Crippen LogP contribution is -2.45. The summed E-state index contributed by atoms with van der Waals surface area (Å²) >= 11 is 0. The van der Waals surface area contributed by atoms with Gasteiger partial charge in [-0.25, -0.2) is 0 Å². The third kappa shape index (κ3) is 6.36. The SMILES string of the molecule is Br.CNC(N)NC. The first-order valence-corrected chi connectivity index (χ1v) is 1.91. The first-order chi connectivity index (χ1) is 2.81. The average Bonchev–Trinajstić information content (AvgIpc) is 1.65. The van der Waals surface area contributed by atoms with E-state index in [1.54, 1.807) is 14.1 Å². The molecule has 0 rings (SSSR count). The van der Waals surface area contributed by atoms with Gasteiger partial charge in [-0.2, -0.15) is 0 Å². The normalized spacial score (nSPS) is 8.57. The Hall–Kier alpha value is 0.360. The first-order valence-electron chi connectivity index (χ1n) is 1.91. The Bertz CT molecular complexity index is 29.4. The molecule has 0 unspecified atom stereocenters. The van der Waals surface area contributed by atoms with E-state index >= 15 is 0 Å². The van der Waals surface area contributed by atoms with Crippen LogP contribution in [0, 0.1) is 0 Å². The average molecular weight is 170 g/mol. The Kier molecular flexibility index (Phi) is 9.42.